The van der Waals surface area contributed by atoms with Gasteiger partial charge in [0.05, 0.1) is 5.69 Å². The Labute approximate surface area is 156 Å². The first-order chi connectivity index (χ1) is 12.7. The average Bonchev–Trinajstić information content (AvgIpc) is 3.18. The van der Waals surface area contributed by atoms with Crippen molar-refractivity contribution in [1.29, 1.82) is 0 Å². The third kappa shape index (κ3) is 2.59. The van der Waals surface area contributed by atoms with Crippen molar-refractivity contribution in [3.63, 3.8) is 0 Å². The number of aromatic nitrogens is 3. The summed E-state index contributed by atoms with van der Waals surface area (Å²) in [6.07, 6.45) is 5.31. The average molecular weight is 365 g/mol. The first-order valence-electron chi connectivity index (χ1n) is 8.74. The molecule has 0 radical (unpaired) electrons. The van der Waals surface area contributed by atoms with E-state index in [0.717, 1.165) is 34.7 Å². The van der Waals surface area contributed by atoms with Crippen molar-refractivity contribution in [3.8, 4) is 11.3 Å². The molecule has 1 aliphatic carbocycles. The van der Waals surface area contributed by atoms with Gasteiger partial charge in [-0.1, -0.05) is 23.7 Å². The minimum atomic E-state index is 0.0299. The number of pyridine rings is 1. The van der Waals surface area contributed by atoms with Gasteiger partial charge in [-0.25, -0.2) is 0 Å². The number of piperidine rings is 1. The minimum Gasteiger partial charge on any atom is -0.292 e. The first-order valence-corrected chi connectivity index (χ1v) is 9.12. The molecule has 1 amide bonds. The molecule has 1 saturated carbocycles. The topological polar surface area (TPSA) is 61.9 Å². The number of amides is 1. The lowest BCUT2D eigenvalue weighted by atomic mass is 9.95. The van der Waals surface area contributed by atoms with Crippen LogP contribution in [0.25, 0.3) is 11.3 Å². The second-order valence-electron chi connectivity index (χ2n) is 6.99. The molecule has 1 saturated heterocycles. The number of rotatable bonds is 4. The molecule has 3 atom stereocenters. The van der Waals surface area contributed by atoms with Gasteiger partial charge in [0.15, 0.2) is 5.82 Å². The Bertz CT molecular complexity index is 953. The normalized spacial score (nSPS) is 24.0. The van der Waals surface area contributed by atoms with E-state index in [-0.39, 0.29) is 17.9 Å². The highest BCUT2D eigenvalue weighted by atomic mass is 35.5. The van der Waals surface area contributed by atoms with E-state index in [9.17, 15) is 4.79 Å². The molecule has 2 aliphatic rings. The van der Waals surface area contributed by atoms with Gasteiger partial charge in [-0.15, -0.1) is 0 Å². The maximum atomic E-state index is 13.0. The van der Waals surface area contributed by atoms with Crippen LogP contribution in [0.2, 0.25) is 5.02 Å². The van der Waals surface area contributed by atoms with Gasteiger partial charge >= 0.3 is 0 Å². The van der Waals surface area contributed by atoms with Crippen LogP contribution in [-0.4, -0.2) is 27.1 Å². The highest BCUT2D eigenvalue weighted by Crippen LogP contribution is 2.51. The van der Waals surface area contributed by atoms with E-state index in [4.69, 9.17) is 11.6 Å². The number of halogens is 1. The van der Waals surface area contributed by atoms with Crippen LogP contribution in [0.3, 0.4) is 0 Å². The molecule has 2 aromatic heterocycles. The summed E-state index contributed by atoms with van der Waals surface area (Å²) < 4.78 is 0. The molecular weight excluding hydrogens is 348 g/mol. The van der Waals surface area contributed by atoms with E-state index in [0.29, 0.717) is 11.7 Å². The highest BCUT2D eigenvalue weighted by Gasteiger charge is 2.59. The predicted octanol–water partition coefficient (Wildman–Crippen LogP) is 3.72. The van der Waals surface area contributed by atoms with Crippen molar-refractivity contribution >= 4 is 23.3 Å². The molecule has 5 rings (SSSR count). The molecule has 0 spiro atoms. The van der Waals surface area contributed by atoms with Crippen molar-refractivity contribution in [2.45, 2.75) is 18.9 Å². The second kappa shape index (κ2) is 5.95. The van der Waals surface area contributed by atoms with Crippen LogP contribution >= 0.6 is 11.6 Å². The monoisotopic (exact) mass is 364 g/mol. The lowest BCUT2D eigenvalue weighted by molar-refractivity contribution is -0.121. The Hall–Kier alpha value is -2.66. The fraction of sp³-hybridized carbons (Fsp3) is 0.250. The van der Waals surface area contributed by atoms with Gasteiger partial charge in [-0.3, -0.25) is 19.8 Å². The van der Waals surface area contributed by atoms with Gasteiger partial charge in [0, 0.05) is 41.0 Å². The molecule has 26 heavy (non-hydrogen) atoms. The van der Waals surface area contributed by atoms with Crippen molar-refractivity contribution in [2.75, 3.05) is 4.90 Å². The quantitative estimate of drug-likeness (QED) is 0.767. The number of anilines is 1. The summed E-state index contributed by atoms with van der Waals surface area (Å²) >= 11 is 5.96. The summed E-state index contributed by atoms with van der Waals surface area (Å²) in [6.45, 7) is 0. The van der Waals surface area contributed by atoms with Gasteiger partial charge < -0.3 is 0 Å². The number of hydrogen-bond donors (Lipinski definition) is 1. The largest absolute Gasteiger partial charge is 0.292 e. The summed E-state index contributed by atoms with van der Waals surface area (Å²) in [5, 5.41) is 8.16. The number of benzene rings is 1. The van der Waals surface area contributed by atoms with Gasteiger partial charge in [0.2, 0.25) is 5.91 Å². The van der Waals surface area contributed by atoms with E-state index in [2.05, 4.69) is 15.2 Å². The number of aromatic amines is 1. The zero-order chi connectivity index (χ0) is 17.7. The SMILES string of the molecule is O=C1C(Cc2ccc(Cl)cc2)C2CC2N1c1cc(-c2ccncc2)[nH]n1. The van der Waals surface area contributed by atoms with E-state index in [1.165, 1.54) is 0 Å². The van der Waals surface area contributed by atoms with Crippen LogP contribution < -0.4 is 4.90 Å². The second-order valence-corrected chi connectivity index (χ2v) is 7.42. The van der Waals surface area contributed by atoms with E-state index in [1.807, 2.05) is 47.4 Å². The number of hydrogen-bond acceptors (Lipinski definition) is 3. The number of nitrogens with zero attached hydrogens (tertiary/aromatic N) is 3. The van der Waals surface area contributed by atoms with Gasteiger partial charge in [-0.05, 0) is 48.6 Å². The maximum Gasteiger partial charge on any atom is 0.232 e. The smallest absolute Gasteiger partial charge is 0.232 e. The Kier molecular flexibility index (Phi) is 3.57. The molecule has 6 heteroatoms. The third-order valence-electron chi connectivity index (χ3n) is 5.38. The predicted molar refractivity (Wildman–Crippen MR) is 99.8 cm³/mol. The van der Waals surface area contributed by atoms with Crippen LogP contribution in [-0.2, 0) is 11.2 Å². The maximum absolute atomic E-state index is 13.0. The summed E-state index contributed by atoms with van der Waals surface area (Å²) in [5.41, 5.74) is 3.06. The number of fused-ring (bicyclic) bond motifs is 1. The van der Waals surface area contributed by atoms with Crippen LogP contribution in [0.4, 0.5) is 5.82 Å². The zero-order valence-corrected chi connectivity index (χ0v) is 14.7. The molecule has 130 valence electrons. The summed E-state index contributed by atoms with van der Waals surface area (Å²) in [4.78, 5) is 18.9. The Balaban J connectivity index is 1.37. The van der Waals surface area contributed by atoms with Crippen molar-refractivity contribution in [2.24, 2.45) is 11.8 Å². The number of nitrogens with one attached hydrogen (secondary N) is 1. The highest BCUT2D eigenvalue weighted by molar-refractivity contribution is 6.30. The summed E-state index contributed by atoms with van der Waals surface area (Å²) in [7, 11) is 0. The van der Waals surface area contributed by atoms with Crippen molar-refractivity contribution < 1.29 is 4.79 Å². The van der Waals surface area contributed by atoms with Gasteiger partial charge in [0.1, 0.15) is 0 Å². The first kappa shape index (κ1) is 15.6. The minimum absolute atomic E-state index is 0.0299. The van der Waals surface area contributed by atoms with Crippen LogP contribution in [0.1, 0.15) is 12.0 Å². The van der Waals surface area contributed by atoms with Crippen molar-refractivity contribution in [3.05, 3.63) is 65.4 Å². The van der Waals surface area contributed by atoms with Gasteiger partial charge in [0.25, 0.3) is 0 Å². The standard InChI is InChI=1S/C20H17ClN4O/c21-14-3-1-12(2-4-14)9-16-15-10-18(15)25(20(16)26)19-11-17(23-24-19)13-5-7-22-8-6-13/h1-8,11,15-16,18H,9-10H2,(H,23,24). The Morgan fingerprint density at radius 1 is 1.15 bits per heavy atom. The summed E-state index contributed by atoms with van der Waals surface area (Å²) in [5.74, 6) is 1.35. The number of H-pyrrole nitrogens is 1. The molecule has 1 N–H and O–H groups in total. The third-order valence-corrected chi connectivity index (χ3v) is 5.63. The molecule has 0 bridgehead atoms. The lowest BCUT2D eigenvalue weighted by Crippen LogP contribution is -2.32. The Morgan fingerprint density at radius 3 is 2.69 bits per heavy atom. The molecule has 3 aromatic rings. The lowest BCUT2D eigenvalue weighted by Gasteiger charge is -2.18. The zero-order valence-electron chi connectivity index (χ0n) is 14.0. The van der Waals surface area contributed by atoms with Crippen LogP contribution in [0.5, 0.6) is 0 Å². The fourth-order valence-electron chi connectivity index (χ4n) is 3.96. The van der Waals surface area contributed by atoms with Crippen LogP contribution in [0, 0.1) is 11.8 Å². The molecule has 1 aromatic carbocycles. The number of carbonyl (C=O) groups excluding carboxylic acids is 1. The van der Waals surface area contributed by atoms with Gasteiger partial charge in [-0.2, -0.15) is 5.10 Å². The van der Waals surface area contributed by atoms with Crippen LogP contribution in [0.15, 0.2) is 54.9 Å². The summed E-state index contributed by atoms with van der Waals surface area (Å²) in [6, 6.07) is 13.9. The molecule has 3 heterocycles. The fourth-order valence-corrected chi connectivity index (χ4v) is 4.09. The van der Waals surface area contributed by atoms with E-state index in [1.54, 1.807) is 12.4 Å². The molecule has 2 fully saturated rings. The Morgan fingerprint density at radius 2 is 1.92 bits per heavy atom. The van der Waals surface area contributed by atoms with E-state index >= 15 is 0 Å². The van der Waals surface area contributed by atoms with E-state index < -0.39 is 0 Å². The molecular formula is C20H17ClN4O. The van der Waals surface area contributed by atoms with Crippen molar-refractivity contribution in [1.82, 2.24) is 15.2 Å². The molecule has 1 aliphatic heterocycles. The molecule has 3 unspecified atom stereocenters. The molecule has 5 nitrogen and oxygen atoms in total. The number of carbonyl (C=O) groups is 1.